The minimum atomic E-state index is -7.34. The molecule has 0 saturated carbocycles. The summed E-state index contributed by atoms with van der Waals surface area (Å²) in [4.78, 5) is 0. The van der Waals surface area contributed by atoms with Gasteiger partial charge in [-0.1, -0.05) is 30.3 Å². The van der Waals surface area contributed by atoms with Crippen LogP contribution < -0.4 is 5.32 Å². The SMILES string of the molecule is OC(CNCc1ccccc1)COCC(F)(F)C(F)(F)C(F)(F)C(F)(F)C(F)(F)CF. The summed E-state index contributed by atoms with van der Waals surface area (Å²) in [5.41, 5.74) is 0.759. The van der Waals surface area contributed by atoms with Gasteiger partial charge in [-0.25, -0.2) is 4.39 Å². The summed E-state index contributed by atoms with van der Waals surface area (Å²) in [5.74, 6) is -33.9. The second kappa shape index (κ2) is 9.86. The number of aliphatic hydroxyl groups is 1. The van der Waals surface area contributed by atoms with Gasteiger partial charge in [0.2, 0.25) is 0 Å². The molecule has 14 heteroatoms. The normalized spacial score (nSPS) is 15.2. The van der Waals surface area contributed by atoms with Gasteiger partial charge in [0, 0.05) is 13.1 Å². The molecule has 31 heavy (non-hydrogen) atoms. The third kappa shape index (κ3) is 5.77. The van der Waals surface area contributed by atoms with Crippen LogP contribution in [0.15, 0.2) is 30.3 Å². The molecule has 0 spiro atoms. The summed E-state index contributed by atoms with van der Waals surface area (Å²) in [6.07, 6.45) is -1.59. The van der Waals surface area contributed by atoms with Crippen molar-refractivity contribution in [3.63, 3.8) is 0 Å². The van der Waals surface area contributed by atoms with Crippen LogP contribution in [0.5, 0.6) is 0 Å². The lowest BCUT2D eigenvalue weighted by atomic mass is 9.95. The van der Waals surface area contributed by atoms with E-state index in [2.05, 4.69) is 10.1 Å². The Labute approximate surface area is 169 Å². The Hall–Kier alpha value is -1.67. The minimum absolute atomic E-state index is 0.205. The van der Waals surface area contributed by atoms with Gasteiger partial charge in [-0.2, -0.15) is 43.9 Å². The Morgan fingerprint density at radius 2 is 1.32 bits per heavy atom. The molecule has 0 radical (unpaired) electrons. The topological polar surface area (TPSA) is 41.5 Å². The Morgan fingerprint density at radius 3 is 1.84 bits per heavy atom. The molecule has 0 aliphatic rings. The van der Waals surface area contributed by atoms with Gasteiger partial charge in [0.1, 0.15) is 6.61 Å². The molecule has 0 bridgehead atoms. The first-order valence-electron chi connectivity index (χ1n) is 8.49. The average Bonchev–Trinajstić information content (AvgIpc) is 2.68. The minimum Gasteiger partial charge on any atom is -0.389 e. The van der Waals surface area contributed by atoms with Crippen LogP contribution >= 0.6 is 0 Å². The van der Waals surface area contributed by atoms with Crippen LogP contribution in [0.4, 0.5) is 48.3 Å². The molecule has 1 aromatic carbocycles. The van der Waals surface area contributed by atoms with E-state index in [1.165, 1.54) is 0 Å². The molecule has 2 N–H and O–H groups in total. The number of alkyl halides is 11. The highest BCUT2D eigenvalue weighted by atomic mass is 19.4. The third-order valence-electron chi connectivity index (χ3n) is 4.02. The lowest BCUT2D eigenvalue weighted by molar-refractivity contribution is -0.405. The summed E-state index contributed by atoms with van der Waals surface area (Å²) in [7, 11) is 0. The quantitative estimate of drug-likeness (QED) is 0.417. The van der Waals surface area contributed by atoms with E-state index in [0.717, 1.165) is 5.56 Å². The largest absolute Gasteiger partial charge is 0.389 e. The monoisotopic (exact) mass is 477 g/mol. The number of nitrogens with one attached hydrogen (secondary N) is 1. The molecule has 0 aliphatic heterocycles. The summed E-state index contributed by atoms with van der Waals surface area (Å²) >= 11 is 0. The van der Waals surface area contributed by atoms with E-state index in [0.29, 0.717) is 0 Å². The fourth-order valence-electron chi connectivity index (χ4n) is 2.19. The fraction of sp³-hybridized carbons (Fsp3) is 0.647. The smallest absolute Gasteiger partial charge is 0.384 e. The Kier molecular flexibility index (Phi) is 8.70. The lowest BCUT2D eigenvalue weighted by Gasteiger charge is -2.38. The van der Waals surface area contributed by atoms with Crippen LogP contribution in [0, 0.1) is 0 Å². The number of ether oxygens (including phenoxy) is 1. The lowest BCUT2D eigenvalue weighted by Crippen LogP contribution is -2.68. The standard InChI is InChI=1S/C17H18F11NO2/c18-9-13(19,20)15(23,24)17(27,28)16(25,26)14(21,22)10-31-8-12(30)7-29-6-11-4-2-1-3-5-11/h1-5,12,29-30H,6-10H2. The van der Waals surface area contributed by atoms with Crippen molar-refractivity contribution in [2.24, 2.45) is 0 Å². The second-order valence-electron chi connectivity index (χ2n) is 6.55. The van der Waals surface area contributed by atoms with Gasteiger partial charge >= 0.3 is 29.6 Å². The first-order chi connectivity index (χ1) is 14.0. The number of hydrogen-bond acceptors (Lipinski definition) is 3. The van der Waals surface area contributed by atoms with Crippen molar-refractivity contribution in [2.75, 3.05) is 26.4 Å². The maximum Gasteiger partial charge on any atom is 0.384 e. The van der Waals surface area contributed by atoms with Crippen LogP contribution in [0.2, 0.25) is 0 Å². The Bertz CT molecular complexity index is 686. The predicted molar refractivity (Wildman–Crippen MR) is 85.7 cm³/mol. The highest BCUT2D eigenvalue weighted by Gasteiger charge is 2.86. The summed E-state index contributed by atoms with van der Waals surface area (Å²) in [6.45, 7) is -7.31. The maximum atomic E-state index is 13.5. The van der Waals surface area contributed by atoms with Crippen molar-refractivity contribution in [1.29, 1.82) is 0 Å². The summed E-state index contributed by atoms with van der Waals surface area (Å²) < 4.78 is 148. The van der Waals surface area contributed by atoms with Crippen molar-refractivity contribution in [3.05, 3.63) is 35.9 Å². The van der Waals surface area contributed by atoms with E-state index in [9.17, 15) is 53.4 Å². The molecule has 0 aliphatic carbocycles. The van der Waals surface area contributed by atoms with Crippen LogP contribution in [0.25, 0.3) is 0 Å². The molecule has 0 aromatic heterocycles. The van der Waals surface area contributed by atoms with E-state index in [1.807, 2.05) is 0 Å². The number of halogens is 11. The summed E-state index contributed by atoms with van der Waals surface area (Å²) in [6, 6.07) is 8.51. The van der Waals surface area contributed by atoms with Gasteiger partial charge < -0.3 is 15.2 Å². The van der Waals surface area contributed by atoms with Crippen molar-refractivity contribution in [1.82, 2.24) is 5.32 Å². The molecular formula is C17H18F11NO2. The highest BCUT2D eigenvalue weighted by molar-refractivity contribution is 5.14. The van der Waals surface area contributed by atoms with Gasteiger partial charge in [0.15, 0.2) is 6.67 Å². The third-order valence-corrected chi connectivity index (χ3v) is 4.02. The Morgan fingerprint density at radius 1 is 0.806 bits per heavy atom. The van der Waals surface area contributed by atoms with E-state index in [-0.39, 0.29) is 13.1 Å². The van der Waals surface area contributed by atoms with Gasteiger partial charge in [0.25, 0.3) is 0 Å². The molecule has 0 fully saturated rings. The van der Waals surface area contributed by atoms with Crippen LogP contribution in [0.3, 0.4) is 0 Å². The number of aliphatic hydroxyl groups excluding tert-OH is 1. The van der Waals surface area contributed by atoms with E-state index in [4.69, 9.17) is 0 Å². The molecule has 1 unspecified atom stereocenters. The van der Waals surface area contributed by atoms with E-state index in [1.54, 1.807) is 30.3 Å². The van der Waals surface area contributed by atoms with Gasteiger partial charge in [-0.3, -0.25) is 0 Å². The fourth-order valence-corrected chi connectivity index (χ4v) is 2.19. The second-order valence-corrected chi connectivity index (χ2v) is 6.55. The summed E-state index contributed by atoms with van der Waals surface area (Å²) in [5, 5.41) is 12.2. The van der Waals surface area contributed by atoms with Crippen molar-refractivity contribution >= 4 is 0 Å². The van der Waals surface area contributed by atoms with Crippen molar-refractivity contribution < 1.29 is 58.1 Å². The molecule has 0 saturated heterocycles. The van der Waals surface area contributed by atoms with Gasteiger partial charge in [0.05, 0.1) is 12.7 Å². The van der Waals surface area contributed by atoms with Crippen molar-refractivity contribution in [3.8, 4) is 0 Å². The molecule has 0 heterocycles. The molecule has 3 nitrogen and oxygen atoms in total. The van der Waals surface area contributed by atoms with Crippen LogP contribution in [-0.2, 0) is 11.3 Å². The number of benzene rings is 1. The molecular weight excluding hydrogens is 459 g/mol. The highest BCUT2D eigenvalue weighted by Crippen LogP contribution is 2.57. The zero-order chi connectivity index (χ0) is 24.1. The zero-order valence-electron chi connectivity index (χ0n) is 15.5. The average molecular weight is 477 g/mol. The molecule has 1 aromatic rings. The van der Waals surface area contributed by atoms with E-state index >= 15 is 0 Å². The first-order valence-corrected chi connectivity index (χ1v) is 8.49. The van der Waals surface area contributed by atoms with Crippen molar-refractivity contribution in [2.45, 2.75) is 42.3 Å². The molecule has 1 atom stereocenters. The van der Waals surface area contributed by atoms with Gasteiger partial charge in [-0.05, 0) is 5.56 Å². The number of rotatable bonds is 13. The van der Waals surface area contributed by atoms with Crippen LogP contribution in [-0.4, -0.2) is 67.3 Å². The maximum absolute atomic E-state index is 13.5. The zero-order valence-corrected chi connectivity index (χ0v) is 15.5. The van der Waals surface area contributed by atoms with Crippen LogP contribution in [0.1, 0.15) is 5.56 Å². The Balaban J connectivity index is 2.68. The first kappa shape index (κ1) is 27.4. The molecule has 180 valence electrons. The molecule has 1 rings (SSSR count). The predicted octanol–water partition coefficient (Wildman–Crippen LogP) is 4.30. The van der Waals surface area contributed by atoms with Gasteiger partial charge in [-0.15, -0.1) is 0 Å². The number of hydrogen-bond donors (Lipinski definition) is 2. The molecule has 0 amide bonds. The van der Waals surface area contributed by atoms with E-state index < -0.39 is 55.6 Å².